The van der Waals surface area contributed by atoms with Crippen LogP contribution in [0.5, 0.6) is 5.75 Å². The van der Waals surface area contributed by atoms with Gasteiger partial charge in [0.25, 0.3) is 0 Å². The molecule has 0 aliphatic carbocycles. The largest absolute Gasteiger partial charge is 0.494 e. The standard InChI is InChI=1S/C15H24N2O/c1-2-18-14-7-5-13(6-8-14)15(16)10-12-4-3-9-17-11-12/h5-8,12,15,17H,2-4,9-11,16H2,1H3. The van der Waals surface area contributed by atoms with Gasteiger partial charge in [0.2, 0.25) is 0 Å². The summed E-state index contributed by atoms with van der Waals surface area (Å²) in [6.45, 7) is 4.98. The molecule has 0 spiro atoms. The van der Waals surface area contributed by atoms with E-state index in [-0.39, 0.29) is 6.04 Å². The van der Waals surface area contributed by atoms with Crippen molar-refractivity contribution < 1.29 is 4.74 Å². The summed E-state index contributed by atoms with van der Waals surface area (Å²) in [6.07, 6.45) is 3.65. The van der Waals surface area contributed by atoms with E-state index >= 15 is 0 Å². The molecule has 1 aromatic rings. The molecule has 1 fully saturated rings. The van der Waals surface area contributed by atoms with Gasteiger partial charge in [-0.2, -0.15) is 0 Å². The third-order valence-electron chi connectivity index (χ3n) is 3.61. The van der Waals surface area contributed by atoms with Crippen LogP contribution in [0.3, 0.4) is 0 Å². The first kappa shape index (κ1) is 13.4. The minimum Gasteiger partial charge on any atom is -0.494 e. The van der Waals surface area contributed by atoms with E-state index < -0.39 is 0 Å². The zero-order chi connectivity index (χ0) is 12.8. The molecule has 18 heavy (non-hydrogen) atoms. The summed E-state index contributed by atoms with van der Waals surface area (Å²) < 4.78 is 5.44. The Hall–Kier alpha value is -1.06. The molecule has 100 valence electrons. The first-order valence-corrected chi connectivity index (χ1v) is 6.98. The van der Waals surface area contributed by atoms with Crippen molar-refractivity contribution in [1.82, 2.24) is 5.32 Å². The van der Waals surface area contributed by atoms with E-state index in [2.05, 4.69) is 17.4 Å². The van der Waals surface area contributed by atoms with Crippen molar-refractivity contribution >= 4 is 0 Å². The molecule has 0 bridgehead atoms. The molecule has 0 aromatic heterocycles. The van der Waals surface area contributed by atoms with E-state index in [0.29, 0.717) is 6.61 Å². The zero-order valence-electron chi connectivity index (χ0n) is 11.2. The normalized spacial score (nSPS) is 21.6. The summed E-state index contributed by atoms with van der Waals surface area (Å²) in [5.41, 5.74) is 7.49. The fourth-order valence-corrected chi connectivity index (χ4v) is 2.60. The average Bonchev–Trinajstić information content (AvgIpc) is 2.41. The van der Waals surface area contributed by atoms with Gasteiger partial charge >= 0.3 is 0 Å². The molecule has 2 rings (SSSR count). The molecule has 1 saturated heterocycles. The van der Waals surface area contributed by atoms with E-state index in [0.717, 1.165) is 31.2 Å². The van der Waals surface area contributed by atoms with Gasteiger partial charge in [0.1, 0.15) is 5.75 Å². The summed E-state index contributed by atoms with van der Waals surface area (Å²) in [5, 5.41) is 3.44. The molecule has 0 radical (unpaired) electrons. The minimum atomic E-state index is 0.144. The third kappa shape index (κ3) is 3.72. The number of rotatable bonds is 5. The Balaban J connectivity index is 1.89. The molecule has 0 saturated carbocycles. The number of nitrogens with two attached hydrogens (primary N) is 1. The van der Waals surface area contributed by atoms with E-state index in [9.17, 15) is 0 Å². The van der Waals surface area contributed by atoms with Crippen molar-refractivity contribution in [2.75, 3.05) is 19.7 Å². The van der Waals surface area contributed by atoms with Crippen molar-refractivity contribution in [1.29, 1.82) is 0 Å². The van der Waals surface area contributed by atoms with Crippen molar-refractivity contribution in [2.45, 2.75) is 32.2 Å². The molecular weight excluding hydrogens is 224 g/mol. The molecular formula is C15H24N2O. The quantitative estimate of drug-likeness (QED) is 0.841. The molecule has 2 atom stereocenters. The Morgan fingerprint density at radius 3 is 2.78 bits per heavy atom. The molecule has 2 unspecified atom stereocenters. The Morgan fingerprint density at radius 1 is 1.39 bits per heavy atom. The summed E-state index contributed by atoms with van der Waals surface area (Å²) >= 11 is 0. The smallest absolute Gasteiger partial charge is 0.119 e. The lowest BCUT2D eigenvalue weighted by Crippen LogP contribution is -2.31. The number of piperidine rings is 1. The maximum absolute atomic E-state index is 6.28. The number of hydrogen-bond acceptors (Lipinski definition) is 3. The predicted molar refractivity (Wildman–Crippen MR) is 74.8 cm³/mol. The van der Waals surface area contributed by atoms with Gasteiger partial charge in [-0.25, -0.2) is 0 Å². The predicted octanol–water partition coefficient (Wildman–Crippen LogP) is 2.47. The summed E-state index contributed by atoms with van der Waals surface area (Å²) in [5.74, 6) is 1.65. The van der Waals surface area contributed by atoms with Crippen LogP contribution in [-0.2, 0) is 0 Å². The van der Waals surface area contributed by atoms with Crippen LogP contribution in [0.25, 0.3) is 0 Å². The maximum Gasteiger partial charge on any atom is 0.119 e. The SMILES string of the molecule is CCOc1ccc(C(N)CC2CCCNC2)cc1. The number of benzene rings is 1. The monoisotopic (exact) mass is 248 g/mol. The van der Waals surface area contributed by atoms with Gasteiger partial charge in [-0.05, 0) is 62.9 Å². The van der Waals surface area contributed by atoms with Gasteiger partial charge in [0.05, 0.1) is 6.61 Å². The van der Waals surface area contributed by atoms with Crippen molar-refractivity contribution in [3.8, 4) is 5.75 Å². The second-order valence-corrected chi connectivity index (χ2v) is 5.06. The van der Waals surface area contributed by atoms with Crippen LogP contribution < -0.4 is 15.8 Å². The summed E-state index contributed by atoms with van der Waals surface area (Å²) in [6, 6.07) is 8.35. The molecule has 3 nitrogen and oxygen atoms in total. The molecule has 0 amide bonds. The molecule has 3 N–H and O–H groups in total. The molecule has 3 heteroatoms. The van der Waals surface area contributed by atoms with Gasteiger partial charge in [-0.3, -0.25) is 0 Å². The Bertz CT molecular complexity index is 344. The highest BCUT2D eigenvalue weighted by Crippen LogP contribution is 2.24. The van der Waals surface area contributed by atoms with Crippen molar-refractivity contribution in [3.63, 3.8) is 0 Å². The molecule has 1 aromatic carbocycles. The second-order valence-electron chi connectivity index (χ2n) is 5.06. The molecule has 1 aliphatic heterocycles. The summed E-state index contributed by atoms with van der Waals surface area (Å²) in [7, 11) is 0. The van der Waals surface area contributed by atoms with Gasteiger partial charge in [-0.15, -0.1) is 0 Å². The number of hydrogen-bond donors (Lipinski definition) is 2. The van der Waals surface area contributed by atoms with Crippen LogP contribution in [0.15, 0.2) is 24.3 Å². The number of ether oxygens (including phenoxy) is 1. The Kier molecular flexibility index (Phi) is 5.02. The molecule has 1 heterocycles. The molecule has 1 aliphatic rings. The third-order valence-corrected chi connectivity index (χ3v) is 3.61. The number of nitrogens with one attached hydrogen (secondary N) is 1. The topological polar surface area (TPSA) is 47.3 Å². The van der Waals surface area contributed by atoms with Gasteiger partial charge < -0.3 is 15.8 Å². The first-order chi connectivity index (χ1) is 8.79. The van der Waals surface area contributed by atoms with Crippen molar-refractivity contribution in [2.24, 2.45) is 11.7 Å². The highest BCUT2D eigenvalue weighted by molar-refractivity contribution is 5.29. The van der Waals surface area contributed by atoms with Crippen LogP contribution >= 0.6 is 0 Å². The highest BCUT2D eigenvalue weighted by atomic mass is 16.5. The van der Waals surface area contributed by atoms with Gasteiger partial charge in [-0.1, -0.05) is 12.1 Å². The maximum atomic E-state index is 6.28. The first-order valence-electron chi connectivity index (χ1n) is 6.98. The Morgan fingerprint density at radius 2 is 2.17 bits per heavy atom. The Labute approximate surface area is 110 Å². The van der Waals surface area contributed by atoms with Crippen LogP contribution in [0.2, 0.25) is 0 Å². The lowest BCUT2D eigenvalue weighted by atomic mass is 9.90. The average molecular weight is 248 g/mol. The minimum absolute atomic E-state index is 0.144. The van der Waals surface area contributed by atoms with Crippen LogP contribution in [0, 0.1) is 5.92 Å². The second kappa shape index (κ2) is 6.76. The van der Waals surface area contributed by atoms with Crippen molar-refractivity contribution in [3.05, 3.63) is 29.8 Å². The van der Waals surface area contributed by atoms with Crippen LogP contribution in [0.1, 0.15) is 37.8 Å². The van der Waals surface area contributed by atoms with Crippen LogP contribution in [0.4, 0.5) is 0 Å². The summed E-state index contributed by atoms with van der Waals surface area (Å²) in [4.78, 5) is 0. The van der Waals surface area contributed by atoms with E-state index in [4.69, 9.17) is 10.5 Å². The van der Waals surface area contributed by atoms with E-state index in [1.54, 1.807) is 0 Å². The zero-order valence-corrected chi connectivity index (χ0v) is 11.2. The fraction of sp³-hybridized carbons (Fsp3) is 0.600. The van der Waals surface area contributed by atoms with E-state index in [1.807, 2.05) is 19.1 Å². The lowest BCUT2D eigenvalue weighted by Gasteiger charge is -2.25. The van der Waals surface area contributed by atoms with Gasteiger partial charge in [0, 0.05) is 6.04 Å². The fourth-order valence-electron chi connectivity index (χ4n) is 2.60. The van der Waals surface area contributed by atoms with Gasteiger partial charge in [0.15, 0.2) is 0 Å². The van der Waals surface area contributed by atoms with Crippen LogP contribution in [-0.4, -0.2) is 19.7 Å². The highest BCUT2D eigenvalue weighted by Gasteiger charge is 2.17. The van der Waals surface area contributed by atoms with E-state index in [1.165, 1.54) is 18.4 Å². The lowest BCUT2D eigenvalue weighted by molar-refractivity contribution is 0.334.